The predicted octanol–water partition coefficient (Wildman–Crippen LogP) is 3.53. The highest BCUT2D eigenvalue weighted by Gasteiger charge is 2.12. The van der Waals surface area contributed by atoms with Crippen molar-refractivity contribution in [1.29, 1.82) is 0 Å². The Kier molecular flexibility index (Phi) is 4.51. The van der Waals surface area contributed by atoms with Gasteiger partial charge in [-0.25, -0.2) is 0 Å². The molecule has 0 aliphatic heterocycles. The van der Waals surface area contributed by atoms with E-state index < -0.39 is 0 Å². The first kappa shape index (κ1) is 15.4. The second-order valence-corrected chi connectivity index (χ2v) is 6.36. The van der Waals surface area contributed by atoms with E-state index in [0.29, 0.717) is 13.2 Å². The van der Waals surface area contributed by atoms with Gasteiger partial charge in [-0.2, -0.15) is 0 Å². The summed E-state index contributed by atoms with van der Waals surface area (Å²) in [5, 5.41) is 0. The van der Waals surface area contributed by atoms with Crippen LogP contribution in [0.1, 0.15) is 31.9 Å². The number of aryl methyl sites for hydroxylation is 1. The fraction of sp³-hybridized carbons (Fsp3) is 0.389. The van der Waals surface area contributed by atoms with Gasteiger partial charge in [0.2, 0.25) is 0 Å². The van der Waals surface area contributed by atoms with Gasteiger partial charge in [0.1, 0.15) is 12.4 Å². The largest absolute Gasteiger partial charge is 0.492 e. The fourth-order valence-electron chi connectivity index (χ4n) is 2.14. The van der Waals surface area contributed by atoms with Gasteiger partial charge in [0, 0.05) is 12.3 Å². The Morgan fingerprint density at radius 2 is 1.71 bits per heavy atom. The van der Waals surface area contributed by atoms with Gasteiger partial charge in [-0.05, 0) is 35.6 Å². The normalized spacial score (nSPS) is 11.4. The summed E-state index contributed by atoms with van der Waals surface area (Å²) in [4.78, 5) is 11.7. The number of aromatic nitrogens is 1. The molecule has 1 aromatic carbocycles. The number of hydrogen-bond donors (Lipinski definition) is 0. The second-order valence-electron chi connectivity index (χ2n) is 6.36. The summed E-state index contributed by atoms with van der Waals surface area (Å²) in [6.07, 6.45) is 1.86. The van der Waals surface area contributed by atoms with Gasteiger partial charge < -0.3 is 9.30 Å². The van der Waals surface area contributed by atoms with Crippen molar-refractivity contribution >= 4 is 0 Å². The third-order valence-electron chi connectivity index (χ3n) is 3.45. The highest BCUT2D eigenvalue weighted by atomic mass is 16.5. The summed E-state index contributed by atoms with van der Waals surface area (Å²) in [5.41, 5.74) is 2.51. The van der Waals surface area contributed by atoms with Gasteiger partial charge in [0.05, 0.1) is 6.54 Å². The van der Waals surface area contributed by atoms with Gasteiger partial charge in [0.25, 0.3) is 5.56 Å². The van der Waals surface area contributed by atoms with Crippen LogP contribution in [0, 0.1) is 6.92 Å². The van der Waals surface area contributed by atoms with Crippen molar-refractivity contribution in [2.75, 3.05) is 6.61 Å². The minimum atomic E-state index is 0.00674. The molecule has 1 aromatic heterocycles. The molecule has 0 unspecified atom stereocenters. The average molecular weight is 285 g/mol. The molecule has 0 bridgehead atoms. The summed E-state index contributed by atoms with van der Waals surface area (Å²) >= 11 is 0. The molecule has 0 aliphatic rings. The highest BCUT2D eigenvalue weighted by molar-refractivity contribution is 5.31. The van der Waals surface area contributed by atoms with Crippen LogP contribution in [0.4, 0.5) is 0 Å². The maximum atomic E-state index is 11.7. The molecule has 0 spiro atoms. The second kappa shape index (κ2) is 6.17. The van der Waals surface area contributed by atoms with E-state index in [1.165, 1.54) is 5.56 Å². The molecule has 2 rings (SSSR count). The lowest BCUT2D eigenvalue weighted by atomic mass is 9.87. The van der Waals surface area contributed by atoms with E-state index in [1.54, 1.807) is 10.6 Å². The Morgan fingerprint density at radius 3 is 2.33 bits per heavy atom. The Hall–Kier alpha value is -2.03. The van der Waals surface area contributed by atoms with Crippen molar-refractivity contribution in [2.45, 2.75) is 39.7 Å². The SMILES string of the molecule is Cc1ccc(=O)n(CCOc2ccc(C(C)(C)C)cc2)c1. The van der Waals surface area contributed by atoms with E-state index >= 15 is 0 Å². The lowest BCUT2D eigenvalue weighted by Crippen LogP contribution is -2.22. The van der Waals surface area contributed by atoms with E-state index in [0.717, 1.165) is 11.3 Å². The Bertz CT molecular complexity index is 648. The molecule has 3 heteroatoms. The maximum Gasteiger partial charge on any atom is 0.250 e. The summed E-state index contributed by atoms with van der Waals surface area (Å²) in [6, 6.07) is 11.6. The van der Waals surface area contributed by atoms with Gasteiger partial charge in [-0.15, -0.1) is 0 Å². The molecule has 0 aliphatic carbocycles. The summed E-state index contributed by atoms with van der Waals surface area (Å²) in [6.45, 7) is 9.58. The lowest BCUT2D eigenvalue weighted by molar-refractivity contribution is 0.296. The van der Waals surface area contributed by atoms with E-state index in [4.69, 9.17) is 4.74 Å². The van der Waals surface area contributed by atoms with Crippen molar-refractivity contribution < 1.29 is 4.74 Å². The third kappa shape index (κ3) is 4.22. The Labute approximate surface area is 126 Å². The van der Waals surface area contributed by atoms with Gasteiger partial charge in [-0.3, -0.25) is 4.79 Å². The van der Waals surface area contributed by atoms with Crippen LogP contribution >= 0.6 is 0 Å². The molecule has 0 fully saturated rings. The van der Waals surface area contributed by atoms with Crippen LogP contribution in [0.5, 0.6) is 5.75 Å². The van der Waals surface area contributed by atoms with Crippen LogP contribution in [-0.2, 0) is 12.0 Å². The first-order chi connectivity index (χ1) is 9.86. The first-order valence-corrected chi connectivity index (χ1v) is 7.27. The standard InChI is InChI=1S/C18H23NO2/c1-14-5-10-17(20)19(13-14)11-12-21-16-8-6-15(7-9-16)18(2,3)4/h5-10,13H,11-12H2,1-4H3. The molecule has 0 N–H and O–H groups in total. The molecular weight excluding hydrogens is 262 g/mol. The number of hydrogen-bond acceptors (Lipinski definition) is 2. The van der Waals surface area contributed by atoms with E-state index in [-0.39, 0.29) is 11.0 Å². The van der Waals surface area contributed by atoms with Crippen molar-refractivity contribution in [1.82, 2.24) is 4.57 Å². The summed E-state index contributed by atoms with van der Waals surface area (Å²) in [7, 11) is 0. The Balaban J connectivity index is 1.95. The molecule has 0 saturated carbocycles. The zero-order chi connectivity index (χ0) is 15.5. The quantitative estimate of drug-likeness (QED) is 0.860. The van der Waals surface area contributed by atoms with Crippen molar-refractivity contribution in [3.05, 3.63) is 64.1 Å². The van der Waals surface area contributed by atoms with Crippen molar-refractivity contribution in [3.63, 3.8) is 0 Å². The number of rotatable bonds is 4. The predicted molar refractivity (Wildman–Crippen MR) is 86.1 cm³/mol. The van der Waals surface area contributed by atoms with Crippen LogP contribution in [-0.4, -0.2) is 11.2 Å². The highest BCUT2D eigenvalue weighted by Crippen LogP contribution is 2.24. The van der Waals surface area contributed by atoms with Crippen molar-refractivity contribution in [2.24, 2.45) is 0 Å². The zero-order valence-corrected chi connectivity index (χ0v) is 13.2. The molecule has 0 atom stereocenters. The first-order valence-electron chi connectivity index (χ1n) is 7.27. The third-order valence-corrected chi connectivity index (χ3v) is 3.45. The fourth-order valence-corrected chi connectivity index (χ4v) is 2.14. The molecule has 2 aromatic rings. The summed E-state index contributed by atoms with van der Waals surface area (Å²) < 4.78 is 7.39. The van der Waals surface area contributed by atoms with Gasteiger partial charge in [-0.1, -0.05) is 39.0 Å². The molecule has 21 heavy (non-hydrogen) atoms. The summed E-state index contributed by atoms with van der Waals surface area (Å²) in [5.74, 6) is 0.837. The van der Waals surface area contributed by atoms with E-state index in [2.05, 4.69) is 32.9 Å². The molecule has 0 amide bonds. The van der Waals surface area contributed by atoms with Crippen LogP contribution in [0.2, 0.25) is 0 Å². The molecule has 3 nitrogen and oxygen atoms in total. The molecule has 0 saturated heterocycles. The van der Waals surface area contributed by atoms with Crippen molar-refractivity contribution in [3.8, 4) is 5.75 Å². The number of pyridine rings is 1. The zero-order valence-electron chi connectivity index (χ0n) is 13.2. The number of ether oxygens (including phenoxy) is 1. The monoisotopic (exact) mass is 285 g/mol. The average Bonchev–Trinajstić information content (AvgIpc) is 2.42. The molecule has 1 heterocycles. The van der Waals surface area contributed by atoms with Gasteiger partial charge >= 0.3 is 0 Å². The minimum absolute atomic E-state index is 0.00674. The number of nitrogens with zero attached hydrogens (tertiary/aromatic N) is 1. The van der Waals surface area contributed by atoms with Crippen LogP contribution in [0.25, 0.3) is 0 Å². The number of benzene rings is 1. The topological polar surface area (TPSA) is 31.2 Å². The van der Waals surface area contributed by atoms with Gasteiger partial charge in [0.15, 0.2) is 0 Å². The smallest absolute Gasteiger partial charge is 0.250 e. The van der Waals surface area contributed by atoms with E-state index in [1.807, 2.05) is 31.3 Å². The molecule has 0 radical (unpaired) electrons. The van der Waals surface area contributed by atoms with Crippen LogP contribution in [0.3, 0.4) is 0 Å². The minimum Gasteiger partial charge on any atom is -0.492 e. The van der Waals surface area contributed by atoms with Crippen LogP contribution in [0.15, 0.2) is 47.4 Å². The molecule has 112 valence electrons. The maximum absolute atomic E-state index is 11.7. The van der Waals surface area contributed by atoms with Crippen LogP contribution < -0.4 is 10.3 Å². The lowest BCUT2D eigenvalue weighted by Gasteiger charge is -2.19. The van der Waals surface area contributed by atoms with E-state index in [9.17, 15) is 4.79 Å². The Morgan fingerprint density at radius 1 is 1.05 bits per heavy atom. The molecular formula is C18H23NO2.